The number of aliphatic carboxylic acids is 1. The number of rotatable bonds is 4. The molecule has 0 bridgehead atoms. The normalized spacial score (nSPS) is 16.5. The minimum absolute atomic E-state index is 0.180. The molecule has 0 rings (SSSR count). The van der Waals surface area contributed by atoms with Gasteiger partial charge in [0.25, 0.3) is 0 Å². The van der Waals surface area contributed by atoms with Crippen molar-refractivity contribution in [1.82, 2.24) is 0 Å². The fraction of sp³-hybridized carbons (Fsp3) is 0.857. The topological polar surface area (TPSA) is 46.5 Å². The van der Waals surface area contributed by atoms with Gasteiger partial charge in [0.15, 0.2) is 0 Å². The van der Waals surface area contributed by atoms with Crippen LogP contribution in [0.1, 0.15) is 27.2 Å². The number of alkyl halides is 1. The molecule has 0 amide bonds. The number of halogens is 1. The van der Waals surface area contributed by atoms with Crippen molar-refractivity contribution in [3.8, 4) is 0 Å². The zero-order chi connectivity index (χ0) is 9.07. The molecule has 0 aromatic rings. The molecule has 0 spiro atoms. The number of carbonyl (C=O) groups is 1. The van der Waals surface area contributed by atoms with Gasteiger partial charge in [0.05, 0.1) is 6.10 Å². The summed E-state index contributed by atoms with van der Waals surface area (Å²) >= 11 is 0. The van der Waals surface area contributed by atoms with Gasteiger partial charge in [-0.25, -0.2) is 4.79 Å². The third-order valence-electron chi connectivity index (χ3n) is 1.20. The lowest BCUT2D eigenvalue weighted by molar-refractivity contribution is -0.205. The quantitative estimate of drug-likeness (QED) is 0.686. The molecule has 1 N–H and O–H groups in total. The Bertz CT molecular complexity index is 147. The van der Waals surface area contributed by atoms with E-state index in [1.165, 1.54) is 6.92 Å². The Hall–Kier alpha value is -0.640. The van der Waals surface area contributed by atoms with Crippen LogP contribution < -0.4 is 0 Å². The Morgan fingerprint density at radius 2 is 2.18 bits per heavy atom. The molecule has 3 nitrogen and oxygen atoms in total. The number of hydrogen-bond donors (Lipinski definition) is 1. The van der Waals surface area contributed by atoms with Gasteiger partial charge >= 0.3 is 11.8 Å². The first-order valence-electron chi connectivity index (χ1n) is 3.52. The van der Waals surface area contributed by atoms with Gasteiger partial charge in [-0.15, -0.1) is 0 Å². The highest BCUT2D eigenvalue weighted by Gasteiger charge is 2.38. The van der Waals surface area contributed by atoms with E-state index in [9.17, 15) is 9.18 Å². The van der Waals surface area contributed by atoms with Gasteiger partial charge in [0.1, 0.15) is 0 Å². The highest BCUT2D eigenvalue weighted by Crippen LogP contribution is 2.19. The van der Waals surface area contributed by atoms with Crippen molar-refractivity contribution in [2.45, 2.75) is 39.2 Å². The molecule has 0 heterocycles. The fourth-order valence-electron chi connectivity index (χ4n) is 0.659. The molecular weight excluding hydrogens is 151 g/mol. The average molecular weight is 164 g/mol. The number of carboxylic acids is 1. The summed E-state index contributed by atoms with van der Waals surface area (Å²) in [6.45, 7) is 4.61. The van der Waals surface area contributed by atoms with E-state index >= 15 is 0 Å². The molecule has 4 heteroatoms. The van der Waals surface area contributed by atoms with Crippen molar-refractivity contribution in [2.24, 2.45) is 0 Å². The average Bonchev–Trinajstić information content (AvgIpc) is 1.86. The van der Waals surface area contributed by atoms with Crippen LogP contribution in [0.4, 0.5) is 4.39 Å². The van der Waals surface area contributed by atoms with Crippen molar-refractivity contribution in [1.29, 1.82) is 0 Å². The lowest BCUT2D eigenvalue weighted by Crippen LogP contribution is -2.38. The Balaban J connectivity index is 4.22. The summed E-state index contributed by atoms with van der Waals surface area (Å²) in [5.74, 6) is -4.08. The first-order valence-corrected chi connectivity index (χ1v) is 3.52. The Labute approximate surface area is 65.2 Å². The third-order valence-corrected chi connectivity index (χ3v) is 1.20. The standard InChI is InChI=1S/C7H13FO3/c1-4-7(8,6(9)10)11-5(2)3/h5H,4H2,1-3H3,(H,9,10). The summed E-state index contributed by atoms with van der Waals surface area (Å²) in [4.78, 5) is 10.3. The Kier molecular flexibility index (Phi) is 3.45. The molecule has 0 fully saturated rings. The van der Waals surface area contributed by atoms with E-state index in [-0.39, 0.29) is 6.42 Å². The monoisotopic (exact) mass is 164 g/mol. The van der Waals surface area contributed by atoms with Crippen LogP contribution in [0.15, 0.2) is 0 Å². The molecular formula is C7H13FO3. The zero-order valence-corrected chi connectivity index (χ0v) is 6.93. The van der Waals surface area contributed by atoms with Gasteiger partial charge in [-0.1, -0.05) is 6.92 Å². The Morgan fingerprint density at radius 3 is 2.27 bits per heavy atom. The van der Waals surface area contributed by atoms with Crippen LogP contribution in [0.5, 0.6) is 0 Å². The highest BCUT2D eigenvalue weighted by molar-refractivity contribution is 5.75. The van der Waals surface area contributed by atoms with Crippen molar-refractivity contribution in [3.63, 3.8) is 0 Å². The van der Waals surface area contributed by atoms with Gasteiger partial charge in [-0.05, 0) is 13.8 Å². The van der Waals surface area contributed by atoms with Crippen molar-refractivity contribution < 1.29 is 19.0 Å². The smallest absolute Gasteiger partial charge is 0.369 e. The van der Waals surface area contributed by atoms with Crippen molar-refractivity contribution in [3.05, 3.63) is 0 Å². The fourth-order valence-corrected chi connectivity index (χ4v) is 0.659. The maximum atomic E-state index is 13.1. The summed E-state index contributed by atoms with van der Waals surface area (Å²) in [6.07, 6.45) is -0.600. The first-order chi connectivity index (χ1) is 4.92. The van der Waals surface area contributed by atoms with E-state index < -0.39 is 17.9 Å². The second-order valence-electron chi connectivity index (χ2n) is 2.55. The molecule has 0 saturated heterocycles. The van der Waals surface area contributed by atoms with Crippen LogP contribution >= 0.6 is 0 Å². The van der Waals surface area contributed by atoms with E-state index in [2.05, 4.69) is 4.74 Å². The third kappa shape index (κ3) is 2.84. The largest absolute Gasteiger partial charge is 0.477 e. The molecule has 0 aliphatic carbocycles. The highest BCUT2D eigenvalue weighted by atomic mass is 19.2. The maximum absolute atomic E-state index is 13.1. The zero-order valence-electron chi connectivity index (χ0n) is 6.93. The minimum atomic E-state index is -2.52. The van der Waals surface area contributed by atoms with Crippen molar-refractivity contribution in [2.75, 3.05) is 0 Å². The molecule has 0 radical (unpaired) electrons. The van der Waals surface area contributed by atoms with Gasteiger partial charge < -0.3 is 9.84 Å². The first kappa shape index (κ1) is 10.4. The number of ether oxygens (including phenoxy) is 1. The SMILES string of the molecule is CCC(F)(OC(C)C)C(=O)O. The summed E-state index contributed by atoms with van der Waals surface area (Å²) in [5.41, 5.74) is 0. The molecule has 0 saturated carbocycles. The summed E-state index contributed by atoms with van der Waals surface area (Å²) in [6, 6.07) is 0. The second-order valence-corrected chi connectivity index (χ2v) is 2.55. The predicted octanol–water partition coefficient (Wildman–Crippen LogP) is 1.57. The molecule has 0 aromatic heterocycles. The molecule has 66 valence electrons. The van der Waals surface area contributed by atoms with E-state index in [0.29, 0.717) is 0 Å². The van der Waals surface area contributed by atoms with E-state index in [1.54, 1.807) is 13.8 Å². The van der Waals surface area contributed by atoms with Gasteiger partial charge in [-0.3, -0.25) is 0 Å². The summed E-state index contributed by atoms with van der Waals surface area (Å²) < 4.78 is 17.7. The summed E-state index contributed by atoms with van der Waals surface area (Å²) in [7, 11) is 0. The van der Waals surface area contributed by atoms with Crippen LogP contribution in [0, 0.1) is 0 Å². The second kappa shape index (κ2) is 3.67. The summed E-state index contributed by atoms with van der Waals surface area (Å²) in [5, 5.41) is 8.38. The Morgan fingerprint density at radius 1 is 1.73 bits per heavy atom. The molecule has 0 aromatic carbocycles. The van der Waals surface area contributed by atoms with Crippen LogP contribution in [0.3, 0.4) is 0 Å². The molecule has 0 aliphatic rings. The number of carboxylic acid groups (broad SMARTS) is 1. The lowest BCUT2D eigenvalue weighted by Gasteiger charge is -2.21. The predicted molar refractivity (Wildman–Crippen MR) is 38.0 cm³/mol. The van der Waals surface area contributed by atoms with Crippen LogP contribution in [0.25, 0.3) is 0 Å². The van der Waals surface area contributed by atoms with E-state index in [4.69, 9.17) is 5.11 Å². The minimum Gasteiger partial charge on any atom is -0.477 e. The van der Waals surface area contributed by atoms with E-state index in [0.717, 1.165) is 0 Å². The lowest BCUT2D eigenvalue weighted by atomic mass is 10.2. The molecule has 11 heavy (non-hydrogen) atoms. The van der Waals surface area contributed by atoms with Gasteiger partial charge in [-0.2, -0.15) is 4.39 Å². The van der Waals surface area contributed by atoms with Crippen LogP contribution in [-0.4, -0.2) is 23.0 Å². The van der Waals surface area contributed by atoms with Crippen LogP contribution in [0.2, 0.25) is 0 Å². The molecule has 1 atom stereocenters. The number of hydrogen-bond acceptors (Lipinski definition) is 2. The van der Waals surface area contributed by atoms with Gasteiger partial charge in [0.2, 0.25) is 0 Å². The van der Waals surface area contributed by atoms with Crippen molar-refractivity contribution >= 4 is 5.97 Å². The van der Waals surface area contributed by atoms with E-state index in [1.807, 2.05) is 0 Å². The molecule has 1 unspecified atom stereocenters. The van der Waals surface area contributed by atoms with Crippen LogP contribution in [-0.2, 0) is 9.53 Å². The maximum Gasteiger partial charge on any atom is 0.369 e. The molecule has 0 aliphatic heterocycles. The van der Waals surface area contributed by atoms with Gasteiger partial charge in [0, 0.05) is 6.42 Å².